The molecular weight excluding hydrogens is 480 g/mol. The van der Waals surface area contributed by atoms with Crippen molar-refractivity contribution in [1.82, 2.24) is 34.5 Å². The normalized spacial score (nSPS) is 17.4. The number of likely N-dealkylation sites (N-methyl/N-ethyl adjacent to an activating group) is 1. The monoisotopic (exact) mass is 514 g/mol. The van der Waals surface area contributed by atoms with Crippen molar-refractivity contribution in [2.24, 2.45) is 0 Å². The van der Waals surface area contributed by atoms with Crippen LogP contribution in [0.4, 0.5) is 5.82 Å². The average molecular weight is 515 g/mol. The highest BCUT2D eigenvalue weighted by molar-refractivity contribution is 5.90. The van der Waals surface area contributed by atoms with Crippen LogP contribution in [-0.2, 0) is 9.53 Å². The van der Waals surface area contributed by atoms with Gasteiger partial charge < -0.3 is 24.4 Å². The van der Waals surface area contributed by atoms with E-state index >= 15 is 0 Å². The fourth-order valence-corrected chi connectivity index (χ4v) is 5.32. The molecule has 10 nitrogen and oxygen atoms in total. The van der Waals surface area contributed by atoms with Gasteiger partial charge in [-0.25, -0.2) is 14.6 Å². The summed E-state index contributed by atoms with van der Waals surface area (Å²) >= 11 is 0. The standard InChI is InChI=1S/C28H34N8O2/c1-33(2)11-3-4-25(37)34-12-8-22(9-13-34)36-28-23(19-30-36)27(35-14-16-38-17-15-35)31-26(32-28)21-5-6-24-20(18-21)7-10-29-24/h3-7,10,18-19,22,29H,8-9,11-17H2,1-2H3/b4-3+. The number of hydrogen-bond acceptors (Lipinski definition) is 7. The minimum Gasteiger partial charge on any atom is -0.378 e. The molecule has 1 aromatic carbocycles. The number of anilines is 1. The van der Waals surface area contributed by atoms with Crippen molar-refractivity contribution >= 4 is 33.7 Å². The van der Waals surface area contributed by atoms with Crippen LogP contribution in [0.25, 0.3) is 33.3 Å². The number of hydrogen-bond donors (Lipinski definition) is 1. The molecule has 0 aliphatic carbocycles. The number of fused-ring (bicyclic) bond motifs is 2. The molecule has 1 amide bonds. The molecule has 3 aromatic heterocycles. The van der Waals surface area contributed by atoms with Crippen LogP contribution in [0, 0.1) is 0 Å². The van der Waals surface area contributed by atoms with Crippen LogP contribution in [0.3, 0.4) is 0 Å². The minimum absolute atomic E-state index is 0.0787. The van der Waals surface area contributed by atoms with Gasteiger partial charge in [0.05, 0.1) is 30.8 Å². The Labute approximate surface area is 221 Å². The smallest absolute Gasteiger partial charge is 0.246 e. The van der Waals surface area contributed by atoms with Gasteiger partial charge in [-0.05, 0) is 51.2 Å². The number of likely N-dealkylation sites (tertiary alicyclic amines) is 1. The van der Waals surface area contributed by atoms with E-state index < -0.39 is 0 Å². The molecule has 1 N–H and O–H groups in total. The number of nitrogens with one attached hydrogen (secondary N) is 1. The van der Waals surface area contributed by atoms with Crippen molar-refractivity contribution in [3.05, 3.63) is 48.8 Å². The first kappa shape index (κ1) is 24.6. The van der Waals surface area contributed by atoms with Gasteiger partial charge in [-0.1, -0.05) is 6.08 Å². The van der Waals surface area contributed by atoms with Crippen molar-refractivity contribution in [1.29, 1.82) is 0 Å². The molecule has 38 heavy (non-hydrogen) atoms. The van der Waals surface area contributed by atoms with Crippen molar-refractivity contribution in [2.75, 3.05) is 64.9 Å². The number of nitrogens with zero attached hydrogens (tertiary/aromatic N) is 7. The van der Waals surface area contributed by atoms with Gasteiger partial charge in [0, 0.05) is 61.5 Å². The first-order valence-electron chi connectivity index (χ1n) is 13.3. The largest absolute Gasteiger partial charge is 0.378 e. The van der Waals surface area contributed by atoms with Gasteiger partial charge >= 0.3 is 0 Å². The Morgan fingerprint density at radius 2 is 1.95 bits per heavy atom. The average Bonchev–Trinajstić information content (AvgIpc) is 3.59. The first-order chi connectivity index (χ1) is 18.6. The Kier molecular flexibility index (Phi) is 6.82. The summed E-state index contributed by atoms with van der Waals surface area (Å²) in [5.74, 6) is 1.69. The van der Waals surface area contributed by atoms with E-state index in [2.05, 4.69) is 38.8 Å². The fraction of sp³-hybridized carbons (Fsp3) is 0.429. The Morgan fingerprint density at radius 1 is 1.13 bits per heavy atom. The molecule has 6 rings (SSSR count). The van der Waals surface area contributed by atoms with Crippen molar-refractivity contribution in [3.63, 3.8) is 0 Å². The van der Waals surface area contributed by atoms with E-state index in [0.717, 1.165) is 65.8 Å². The van der Waals surface area contributed by atoms with Crippen molar-refractivity contribution in [3.8, 4) is 11.4 Å². The third-order valence-corrected chi connectivity index (χ3v) is 7.41. The zero-order valence-corrected chi connectivity index (χ0v) is 22.0. The Hall–Kier alpha value is -3.76. The van der Waals surface area contributed by atoms with Gasteiger partial charge in [0.15, 0.2) is 11.5 Å². The molecular formula is C28H34N8O2. The lowest BCUT2D eigenvalue weighted by Gasteiger charge is -2.32. The lowest BCUT2D eigenvalue weighted by molar-refractivity contribution is -0.127. The van der Waals surface area contributed by atoms with E-state index in [0.29, 0.717) is 32.1 Å². The second-order valence-electron chi connectivity index (χ2n) is 10.3. The number of benzene rings is 1. The summed E-state index contributed by atoms with van der Waals surface area (Å²) in [6.07, 6.45) is 9.14. The molecule has 0 bridgehead atoms. The molecule has 5 heterocycles. The summed E-state index contributed by atoms with van der Waals surface area (Å²) < 4.78 is 7.66. The highest BCUT2D eigenvalue weighted by atomic mass is 16.5. The molecule has 0 unspecified atom stereocenters. The molecule has 0 atom stereocenters. The van der Waals surface area contributed by atoms with Crippen LogP contribution in [0.2, 0.25) is 0 Å². The van der Waals surface area contributed by atoms with E-state index in [4.69, 9.17) is 19.8 Å². The van der Waals surface area contributed by atoms with Crippen LogP contribution < -0.4 is 4.90 Å². The number of aromatic nitrogens is 5. The highest BCUT2D eigenvalue weighted by Gasteiger charge is 2.27. The predicted octanol–water partition coefficient (Wildman–Crippen LogP) is 3.09. The van der Waals surface area contributed by atoms with E-state index in [1.54, 1.807) is 6.08 Å². The number of piperidine rings is 1. The van der Waals surface area contributed by atoms with E-state index in [9.17, 15) is 4.79 Å². The number of ether oxygens (including phenoxy) is 1. The minimum atomic E-state index is 0.0787. The molecule has 4 aromatic rings. The van der Waals surface area contributed by atoms with Gasteiger partial charge in [0.25, 0.3) is 0 Å². The molecule has 2 aliphatic heterocycles. The van der Waals surface area contributed by atoms with Crippen LogP contribution in [-0.4, -0.2) is 100 Å². The Morgan fingerprint density at radius 3 is 2.74 bits per heavy atom. The van der Waals surface area contributed by atoms with Crippen molar-refractivity contribution < 1.29 is 9.53 Å². The molecule has 0 saturated carbocycles. The first-order valence-corrected chi connectivity index (χ1v) is 13.3. The lowest BCUT2D eigenvalue weighted by atomic mass is 10.1. The van der Waals surface area contributed by atoms with Gasteiger partial charge in [-0.2, -0.15) is 5.10 Å². The van der Waals surface area contributed by atoms with Gasteiger partial charge in [-0.3, -0.25) is 4.79 Å². The quantitative estimate of drug-likeness (QED) is 0.395. The number of carbonyl (C=O) groups is 1. The van der Waals surface area contributed by atoms with Crippen LogP contribution in [0.1, 0.15) is 18.9 Å². The number of rotatable bonds is 6. The summed E-state index contributed by atoms with van der Waals surface area (Å²) in [5.41, 5.74) is 2.92. The van der Waals surface area contributed by atoms with Crippen LogP contribution in [0.15, 0.2) is 48.8 Å². The van der Waals surface area contributed by atoms with Crippen LogP contribution in [0.5, 0.6) is 0 Å². The number of morpholine rings is 1. The number of H-pyrrole nitrogens is 1. The molecule has 10 heteroatoms. The van der Waals surface area contributed by atoms with Gasteiger partial charge in [0.2, 0.25) is 5.91 Å². The number of amides is 1. The maximum absolute atomic E-state index is 12.6. The van der Waals surface area contributed by atoms with Crippen molar-refractivity contribution in [2.45, 2.75) is 18.9 Å². The zero-order chi connectivity index (χ0) is 26.1. The number of carbonyl (C=O) groups excluding carboxylic acids is 1. The second-order valence-corrected chi connectivity index (χ2v) is 10.3. The molecule has 0 radical (unpaired) electrons. The van der Waals surface area contributed by atoms with Gasteiger partial charge in [-0.15, -0.1) is 0 Å². The summed E-state index contributed by atoms with van der Waals surface area (Å²) in [4.78, 5) is 32.3. The van der Waals surface area contributed by atoms with E-state index in [-0.39, 0.29) is 11.9 Å². The Bertz CT molecular complexity index is 1460. The number of aromatic amines is 1. The summed E-state index contributed by atoms with van der Waals surface area (Å²) in [5, 5.41) is 6.91. The SMILES string of the molecule is CN(C)C/C=C/C(=O)N1CCC(n2ncc3c(N4CCOCC4)nc(-c4ccc5[nH]ccc5c4)nc32)CC1. The molecule has 198 valence electrons. The molecule has 0 spiro atoms. The molecule has 2 aliphatic rings. The molecule has 2 fully saturated rings. The third kappa shape index (κ3) is 4.89. The van der Waals surface area contributed by atoms with Crippen LogP contribution >= 0.6 is 0 Å². The second kappa shape index (κ2) is 10.5. The fourth-order valence-electron chi connectivity index (χ4n) is 5.32. The predicted molar refractivity (Wildman–Crippen MR) is 148 cm³/mol. The maximum Gasteiger partial charge on any atom is 0.246 e. The summed E-state index contributed by atoms with van der Waals surface area (Å²) in [7, 11) is 3.99. The lowest BCUT2D eigenvalue weighted by Crippen LogP contribution is -2.38. The molecule has 2 saturated heterocycles. The summed E-state index contributed by atoms with van der Waals surface area (Å²) in [6.45, 7) is 5.10. The topological polar surface area (TPSA) is 95.4 Å². The Balaban J connectivity index is 1.31. The highest BCUT2D eigenvalue weighted by Crippen LogP contribution is 2.32. The van der Waals surface area contributed by atoms with Gasteiger partial charge in [0.1, 0.15) is 5.82 Å². The summed E-state index contributed by atoms with van der Waals surface area (Å²) in [6, 6.07) is 8.51. The third-order valence-electron chi connectivity index (χ3n) is 7.41. The van der Waals surface area contributed by atoms with E-state index in [1.807, 2.05) is 42.4 Å². The zero-order valence-electron chi connectivity index (χ0n) is 22.0. The van der Waals surface area contributed by atoms with E-state index in [1.165, 1.54) is 0 Å². The maximum atomic E-state index is 12.6.